The minimum Gasteiger partial charge on any atom is -0.311 e. The molecule has 0 spiro atoms. The third-order valence-electron chi connectivity index (χ3n) is 3.65. The normalized spacial score (nSPS) is 11.2. The number of rotatable bonds is 8. The fourth-order valence-electron chi connectivity index (χ4n) is 2.31. The van der Waals surface area contributed by atoms with Crippen molar-refractivity contribution < 1.29 is 4.39 Å². The summed E-state index contributed by atoms with van der Waals surface area (Å²) in [5.74, 6) is -0.149. The number of thiophene rings is 1. The lowest BCUT2D eigenvalue weighted by Crippen LogP contribution is -2.31. The summed E-state index contributed by atoms with van der Waals surface area (Å²) in [6, 6.07) is 9.29. The average molecular weight is 306 g/mol. The summed E-state index contributed by atoms with van der Waals surface area (Å²) in [4.78, 5) is 3.37. The van der Waals surface area contributed by atoms with E-state index in [2.05, 4.69) is 24.1 Å². The Morgan fingerprint density at radius 2 is 2.00 bits per heavy atom. The van der Waals surface area contributed by atoms with E-state index in [1.807, 2.05) is 29.6 Å². The van der Waals surface area contributed by atoms with Gasteiger partial charge in [0.25, 0.3) is 0 Å². The largest absolute Gasteiger partial charge is 0.311 e. The highest BCUT2D eigenvalue weighted by molar-refractivity contribution is 7.13. The van der Waals surface area contributed by atoms with Gasteiger partial charge in [0.15, 0.2) is 0 Å². The molecular weight excluding hydrogens is 283 g/mol. The van der Waals surface area contributed by atoms with Gasteiger partial charge in [-0.05, 0) is 42.2 Å². The molecule has 2 aromatic rings. The summed E-state index contributed by atoms with van der Waals surface area (Å²) in [6.07, 6.45) is 0. The number of hydrogen-bond acceptors (Lipinski definition) is 3. The van der Waals surface area contributed by atoms with Crippen molar-refractivity contribution in [2.24, 2.45) is 0 Å². The van der Waals surface area contributed by atoms with E-state index in [0.717, 1.165) is 43.2 Å². The molecule has 1 N–H and O–H groups in total. The highest BCUT2D eigenvalue weighted by atomic mass is 32.1. The molecule has 0 aliphatic heterocycles. The quantitative estimate of drug-likeness (QED) is 0.742. The summed E-state index contributed by atoms with van der Waals surface area (Å²) < 4.78 is 13.9. The van der Waals surface area contributed by atoms with Crippen LogP contribution >= 0.6 is 11.3 Å². The highest BCUT2D eigenvalue weighted by Crippen LogP contribution is 2.28. The van der Waals surface area contributed by atoms with Gasteiger partial charge in [0.1, 0.15) is 5.82 Å². The molecule has 0 atom stereocenters. The zero-order valence-electron chi connectivity index (χ0n) is 12.7. The monoisotopic (exact) mass is 306 g/mol. The minimum atomic E-state index is -0.149. The van der Waals surface area contributed by atoms with Gasteiger partial charge in [0.05, 0.1) is 0 Å². The van der Waals surface area contributed by atoms with Crippen molar-refractivity contribution in [3.63, 3.8) is 0 Å². The van der Waals surface area contributed by atoms with Gasteiger partial charge in [-0.2, -0.15) is 0 Å². The highest BCUT2D eigenvalue weighted by Gasteiger charge is 2.07. The van der Waals surface area contributed by atoms with Gasteiger partial charge in [-0.25, -0.2) is 4.39 Å². The van der Waals surface area contributed by atoms with E-state index < -0.39 is 0 Å². The van der Waals surface area contributed by atoms with Crippen molar-refractivity contribution in [1.29, 1.82) is 0 Å². The maximum absolute atomic E-state index is 13.9. The van der Waals surface area contributed by atoms with Gasteiger partial charge in [0, 0.05) is 30.1 Å². The van der Waals surface area contributed by atoms with Crippen molar-refractivity contribution in [3.8, 4) is 10.4 Å². The predicted molar refractivity (Wildman–Crippen MR) is 89.2 cm³/mol. The van der Waals surface area contributed by atoms with Crippen LogP contribution in [0, 0.1) is 5.82 Å². The predicted octanol–water partition coefficient (Wildman–Crippen LogP) is 3.99. The van der Waals surface area contributed by atoms with Gasteiger partial charge in [-0.15, -0.1) is 11.3 Å². The van der Waals surface area contributed by atoms with Crippen LogP contribution in [0.25, 0.3) is 10.4 Å². The number of nitrogens with one attached hydrogen (secondary N) is 1. The number of likely N-dealkylation sites (N-methyl/N-ethyl adjacent to an activating group) is 1. The third-order valence-corrected chi connectivity index (χ3v) is 4.55. The Bertz CT molecular complexity index is 536. The first kappa shape index (κ1) is 16.1. The van der Waals surface area contributed by atoms with Crippen molar-refractivity contribution in [2.75, 3.05) is 26.2 Å². The lowest BCUT2D eigenvalue weighted by atomic mass is 10.1. The van der Waals surface area contributed by atoms with Crippen molar-refractivity contribution in [2.45, 2.75) is 20.4 Å². The molecule has 4 heteroatoms. The SMILES string of the molecule is CCN(CC)CCNCc1ccc(F)c(-c2cccs2)c1. The molecule has 2 rings (SSSR count). The molecule has 1 aromatic carbocycles. The molecule has 0 fully saturated rings. The molecule has 0 aliphatic carbocycles. The van der Waals surface area contributed by atoms with Gasteiger partial charge in [-0.3, -0.25) is 0 Å². The summed E-state index contributed by atoms with van der Waals surface area (Å²) in [5, 5.41) is 5.41. The van der Waals surface area contributed by atoms with Crippen LogP contribution in [0.1, 0.15) is 19.4 Å². The molecule has 2 nitrogen and oxygen atoms in total. The first-order valence-corrected chi connectivity index (χ1v) is 8.38. The molecule has 0 saturated heterocycles. The third kappa shape index (κ3) is 4.63. The molecule has 0 unspecified atom stereocenters. The summed E-state index contributed by atoms with van der Waals surface area (Å²) >= 11 is 1.57. The van der Waals surface area contributed by atoms with Gasteiger partial charge >= 0.3 is 0 Å². The molecule has 0 bridgehead atoms. The van der Waals surface area contributed by atoms with Crippen LogP contribution in [0.15, 0.2) is 35.7 Å². The Hall–Kier alpha value is -1.23. The van der Waals surface area contributed by atoms with Crippen molar-refractivity contribution in [3.05, 3.63) is 47.1 Å². The molecule has 0 saturated carbocycles. The molecule has 0 amide bonds. The van der Waals surface area contributed by atoms with E-state index in [4.69, 9.17) is 0 Å². The van der Waals surface area contributed by atoms with Crippen molar-refractivity contribution in [1.82, 2.24) is 10.2 Å². The first-order valence-electron chi connectivity index (χ1n) is 7.50. The Morgan fingerprint density at radius 3 is 2.67 bits per heavy atom. The molecule has 1 aromatic heterocycles. The lowest BCUT2D eigenvalue weighted by Gasteiger charge is -2.18. The van der Waals surface area contributed by atoms with E-state index in [0.29, 0.717) is 5.56 Å². The van der Waals surface area contributed by atoms with Crippen LogP contribution in [-0.2, 0) is 6.54 Å². The molecule has 0 aliphatic rings. The lowest BCUT2D eigenvalue weighted by molar-refractivity contribution is 0.302. The number of nitrogens with zero attached hydrogens (tertiary/aromatic N) is 1. The minimum absolute atomic E-state index is 0.149. The van der Waals surface area contributed by atoms with E-state index >= 15 is 0 Å². The van der Waals surface area contributed by atoms with E-state index in [1.54, 1.807) is 17.4 Å². The van der Waals surface area contributed by atoms with E-state index in [-0.39, 0.29) is 5.82 Å². The standard InChI is InChI=1S/C17H23FN2S/c1-3-20(4-2)10-9-19-13-14-7-8-16(18)15(12-14)17-6-5-11-21-17/h5-8,11-12,19H,3-4,9-10,13H2,1-2H3. The maximum atomic E-state index is 13.9. The van der Waals surface area contributed by atoms with Crippen LogP contribution in [0.4, 0.5) is 4.39 Å². The zero-order chi connectivity index (χ0) is 15.1. The van der Waals surface area contributed by atoms with E-state index in [9.17, 15) is 4.39 Å². The Kier molecular flexibility index (Phi) is 6.36. The second-order valence-corrected chi connectivity index (χ2v) is 5.94. The zero-order valence-corrected chi connectivity index (χ0v) is 13.5. The first-order chi connectivity index (χ1) is 10.2. The molecular formula is C17H23FN2S. The molecule has 114 valence electrons. The van der Waals surface area contributed by atoms with Crippen LogP contribution in [0.3, 0.4) is 0 Å². The Labute approximate surface area is 130 Å². The average Bonchev–Trinajstić information content (AvgIpc) is 3.03. The van der Waals surface area contributed by atoms with Crippen LogP contribution in [0.5, 0.6) is 0 Å². The molecule has 21 heavy (non-hydrogen) atoms. The van der Waals surface area contributed by atoms with Gasteiger partial charge < -0.3 is 10.2 Å². The summed E-state index contributed by atoms with van der Waals surface area (Å²) in [7, 11) is 0. The second-order valence-electron chi connectivity index (χ2n) is 5.00. The van der Waals surface area contributed by atoms with Gasteiger partial charge in [0.2, 0.25) is 0 Å². The fraction of sp³-hybridized carbons (Fsp3) is 0.412. The van der Waals surface area contributed by atoms with Crippen molar-refractivity contribution >= 4 is 11.3 Å². The Balaban J connectivity index is 1.91. The number of benzene rings is 1. The maximum Gasteiger partial charge on any atom is 0.131 e. The summed E-state index contributed by atoms with van der Waals surface area (Å²) in [5.41, 5.74) is 1.83. The van der Waals surface area contributed by atoms with Crippen LogP contribution in [-0.4, -0.2) is 31.1 Å². The van der Waals surface area contributed by atoms with Gasteiger partial charge in [-0.1, -0.05) is 26.0 Å². The molecule has 1 heterocycles. The molecule has 0 radical (unpaired) electrons. The smallest absolute Gasteiger partial charge is 0.131 e. The fourth-order valence-corrected chi connectivity index (χ4v) is 3.06. The second kappa shape index (κ2) is 8.27. The van der Waals surface area contributed by atoms with E-state index in [1.165, 1.54) is 0 Å². The summed E-state index contributed by atoms with van der Waals surface area (Å²) in [6.45, 7) is 9.29. The van der Waals surface area contributed by atoms with Crippen LogP contribution < -0.4 is 5.32 Å². The number of hydrogen-bond donors (Lipinski definition) is 1. The van der Waals surface area contributed by atoms with Crippen LogP contribution in [0.2, 0.25) is 0 Å². The number of halogens is 1. The Morgan fingerprint density at radius 1 is 1.19 bits per heavy atom. The topological polar surface area (TPSA) is 15.3 Å².